The Balaban J connectivity index is 2.90. The standard InChI is InChI=1S/C6H8N4/c1-5-7-6-9(2)3-4-10(6)8-5/h3-4H,1-2H3. The minimum Gasteiger partial charge on any atom is -0.319 e. The second kappa shape index (κ2) is 1.59. The predicted octanol–water partition coefficient (Wildman–Crippen LogP) is 0.376. The topological polar surface area (TPSA) is 35.1 Å². The van der Waals surface area contributed by atoms with Gasteiger partial charge in [0.15, 0.2) is 0 Å². The van der Waals surface area contributed by atoms with E-state index < -0.39 is 0 Å². The fraction of sp³-hybridized carbons (Fsp3) is 0.333. The Morgan fingerprint density at radius 2 is 2.20 bits per heavy atom. The molecule has 0 N–H and O–H groups in total. The van der Waals surface area contributed by atoms with E-state index in [0.29, 0.717) is 0 Å². The monoisotopic (exact) mass is 136 g/mol. The van der Waals surface area contributed by atoms with Crippen LogP contribution >= 0.6 is 0 Å². The van der Waals surface area contributed by atoms with Crippen LogP contribution in [0.2, 0.25) is 0 Å². The van der Waals surface area contributed by atoms with Crippen molar-refractivity contribution in [2.24, 2.45) is 7.05 Å². The van der Waals surface area contributed by atoms with E-state index >= 15 is 0 Å². The Morgan fingerprint density at radius 1 is 1.40 bits per heavy atom. The van der Waals surface area contributed by atoms with Crippen molar-refractivity contribution in [3.63, 3.8) is 0 Å². The number of hydrogen-bond acceptors (Lipinski definition) is 2. The van der Waals surface area contributed by atoms with Gasteiger partial charge in [-0.25, -0.2) is 4.52 Å². The lowest BCUT2D eigenvalue weighted by Gasteiger charge is -1.83. The van der Waals surface area contributed by atoms with Crippen LogP contribution in [-0.2, 0) is 7.05 Å². The maximum atomic E-state index is 4.19. The third-order valence-electron chi connectivity index (χ3n) is 1.47. The molecule has 0 saturated carbocycles. The molecule has 52 valence electrons. The lowest BCUT2D eigenvalue weighted by molar-refractivity contribution is 0.916. The number of aromatic nitrogens is 4. The highest BCUT2D eigenvalue weighted by Crippen LogP contribution is 1.98. The van der Waals surface area contributed by atoms with Gasteiger partial charge in [-0.2, -0.15) is 10.1 Å². The molecule has 0 atom stereocenters. The molecule has 0 radical (unpaired) electrons. The van der Waals surface area contributed by atoms with Crippen LogP contribution in [0.3, 0.4) is 0 Å². The maximum absolute atomic E-state index is 4.19. The molecule has 0 aliphatic rings. The van der Waals surface area contributed by atoms with Gasteiger partial charge >= 0.3 is 0 Å². The van der Waals surface area contributed by atoms with Crippen LogP contribution in [0.25, 0.3) is 5.78 Å². The number of imidazole rings is 1. The molecule has 0 aromatic carbocycles. The second-order valence-corrected chi connectivity index (χ2v) is 2.31. The zero-order valence-corrected chi connectivity index (χ0v) is 5.94. The third kappa shape index (κ3) is 0.556. The van der Waals surface area contributed by atoms with Gasteiger partial charge in [0.25, 0.3) is 0 Å². The van der Waals surface area contributed by atoms with E-state index in [4.69, 9.17) is 0 Å². The molecule has 0 fully saturated rings. The van der Waals surface area contributed by atoms with Crippen molar-refractivity contribution in [2.75, 3.05) is 0 Å². The highest BCUT2D eigenvalue weighted by Gasteiger charge is 1.99. The van der Waals surface area contributed by atoms with Crippen LogP contribution in [0.1, 0.15) is 5.82 Å². The smallest absolute Gasteiger partial charge is 0.232 e. The van der Waals surface area contributed by atoms with Crippen LogP contribution in [0.4, 0.5) is 0 Å². The maximum Gasteiger partial charge on any atom is 0.232 e. The van der Waals surface area contributed by atoms with Gasteiger partial charge in [0.1, 0.15) is 5.82 Å². The molecule has 0 amide bonds. The molecular weight excluding hydrogens is 128 g/mol. The quantitative estimate of drug-likeness (QED) is 0.524. The zero-order valence-electron chi connectivity index (χ0n) is 5.94. The number of fused-ring (bicyclic) bond motifs is 1. The van der Waals surface area contributed by atoms with E-state index in [0.717, 1.165) is 11.6 Å². The summed E-state index contributed by atoms with van der Waals surface area (Å²) in [5.74, 6) is 1.70. The van der Waals surface area contributed by atoms with Gasteiger partial charge in [-0.1, -0.05) is 0 Å². The van der Waals surface area contributed by atoms with Gasteiger partial charge in [0, 0.05) is 19.4 Å². The first-order valence-electron chi connectivity index (χ1n) is 3.11. The molecule has 0 unspecified atom stereocenters. The molecular formula is C6H8N4. The van der Waals surface area contributed by atoms with Crippen molar-refractivity contribution in [3.8, 4) is 0 Å². The summed E-state index contributed by atoms with van der Waals surface area (Å²) in [7, 11) is 1.95. The Labute approximate surface area is 58.1 Å². The highest BCUT2D eigenvalue weighted by molar-refractivity contribution is 5.27. The molecule has 0 saturated heterocycles. The average molecular weight is 136 g/mol. The first-order chi connectivity index (χ1) is 4.77. The normalized spacial score (nSPS) is 11.0. The SMILES string of the molecule is Cc1nc2n(C)ccn2n1. The first kappa shape index (κ1) is 5.46. The molecule has 0 spiro atoms. The summed E-state index contributed by atoms with van der Waals surface area (Å²) < 4.78 is 3.69. The molecule has 0 aliphatic heterocycles. The van der Waals surface area contributed by atoms with Crippen LogP contribution < -0.4 is 0 Å². The summed E-state index contributed by atoms with van der Waals surface area (Å²) in [4.78, 5) is 4.19. The van der Waals surface area contributed by atoms with Gasteiger partial charge in [-0.3, -0.25) is 0 Å². The predicted molar refractivity (Wildman–Crippen MR) is 36.7 cm³/mol. The van der Waals surface area contributed by atoms with Crippen molar-refractivity contribution in [1.29, 1.82) is 0 Å². The average Bonchev–Trinajstić information content (AvgIpc) is 2.35. The van der Waals surface area contributed by atoms with Gasteiger partial charge in [0.2, 0.25) is 5.78 Å². The Kier molecular flexibility index (Phi) is 0.869. The van der Waals surface area contributed by atoms with Crippen molar-refractivity contribution < 1.29 is 0 Å². The number of hydrogen-bond donors (Lipinski definition) is 0. The van der Waals surface area contributed by atoms with Crippen LogP contribution in [0.5, 0.6) is 0 Å². The van der Waals surface area contributed by atoms with Crippen molar-refractivity contribution in [3.05, 3.63) is 18.2 Å². The second-order valence-electron chi connectivity index (χ2n) is 2.31. The third-order valence-corrected chi connectivity index (χ3v) is 1.47. The molecule has 0 aliphatic carbocycles. The van der Waals surface area contributed by atoms with E-state index in [1.807, 2.05) is 30.9 Å². The molecule has 2 rings (SSSR count). The Hall–Kier alpha value is -1.32. The first-order valence-corrected chi connectivity index (χ1v) is 3.11. The largest absolute Gasteiger partial charge is 0.319 e. The summed E-state index contributed by atoms with van der Waals surface area (Å²) in [5.41, 5.74) is 0. The summed E-state index contributed by atoms with van der Waals surface area (Å²) in [6, 6.07) is 0. The zero-order chi connectivity index (χ0) is 7.14. The lowest BCUT2D eigenvalue weighted by Crippen LogP contribution is -1.86. The van der Waals surface area contributed by atoms with Crippen LogP contribution in [0, 0.1) is 6.92 Å². The fourth-order valence-electron chi connectivity index (χ4n) is 0.989. The van der Waals surface area contributed by atoms with Gasteiger partial charge < -0.3 is 4.57 Å². The Morgan fingerprint density at radius 3 is 2.90 bits per heavy atom. The van der Waals surface area contributed by atoms with Gasteiger partial charge in [-0.05, 0) is 6.92 Å². The van der Waals surface area contributed by atoms with Crippen LogP contribution in [0.15, 0.2) is 12.4 Å². The van der Waals surface area contributed by atoms with E-state index in [9.17, 15) is 0 Å². The minimum atomic E-state index is 0.811. The minimum absolute atomic E-state index is 0.811. The van der Waals surface area contributed by atoms with Crippen molar-refractivity contribution >= 4 is 5.78 Å². The summed E-state index contributed by atoms with van der Waals surface area (Å²) in [6.07, 6.45) is 3.81. The molecule has 0 bridgehead atoms. The molecule has 4 heteroatoms. The van der Waals surface area contributed by atoms with E-state index in [1.165, 1.54) is 0 Å². The van der Waals surface area contributed by atoms with Crippen molar-refractivity contribution in [2.45, 2.75) is 6.92 Å². The number of rotatable bonds is 0. The molecule has 2 heterocycles. The van der Waals surface area contributed by atoms with E-state index in [1.54, 1.807) is 4.52 Å². The lowest BCUT2D eigenvalue weighted by atomic mass is 10.7. The summed E-state index contributed by atoms with van der Waals surface area (Å²) in [6.45, 7) is 1.88. The molecule has 4 nitrogen and oxygen atoms in total. The number of nitrogens with zero attached hydrogens (tertiary/aromatic N) is 4. The van der Waals surface area contributed by atoms with Gasteiger partial charge in [0.05, 0.1) is 0 Å². The highest BCUT2D eigenvalue weighted by atomic mass is 15.4. The summed E-state index contributed by atoms with van der Waals surface area (Å²) >= 11 is 0. The van der Waals surface area contributed by atoms with E-state index in [2.05, 4.69) is 10.1 Å². The molecule has 2 aromatic rings. The van der Waals surface area contributed by atoms with E-state index in [-0.39, 0.29) is 0 Å². The van der Waals surface area contributed by atoms with Gasteiger partial charge in [-0.15, -0.1) is 0 Å². The Bertz CT molecular complexity index is 357. The fourth-order valence-corrected chi connectivity index (χ4v) is 0.989. The van der Waals surface area contributed by atoms with Crippen molar-refractivity contribution in [1.82, 2.24) is 19.2 Å². The van der Waals surface area contributed by atoms with Crippen LogP contribution in [-0.4, -0.2) is 19.2 Å². The summed E-state index contributed by atoms with van der Waals surface area (Å²) in [5, 5.41) is 4.12. The molecule has 10 heavy (non-hydrogen) atoms. The number of aryl methyl sites for hydroxylation is 2. The molecule has 2 aromatic heterocycles.